The van der Waals surface area contributed by atoms with Crippen LogP contribution in [0.15, 0.2) is 12.4 Å². The zero-order valence-corrected chi connectivity index (χ0v) is 14.0. The first-order valence-corrected chi connectivity index (χ1v) is 9.22. The van der Waals surface area contributed by atoms with Gasteiger partial charge in [0.25, 0.3) is 0 Å². The summed E-state index contributed by atoms with van der Waals surface area (Å²) < 4.78 is 1.82. The first kappa shape index (κ1) is 15.2. The second-order valence-corrected chi connectivity index (χ2v) is 7.73. The van der Waals surface area contributed by atoms with Crippen molar-refractivity contribution in [3.05, 3.63) is 18.0 Å². The van der Waals surface area contributed by atoms with Gasteiger partial charge in [-0.15, -0.1) is 0 Å². The molecular formula is C18H28N4O. The monoisotopic (exact) mass is 316 g/mol. The standard InChI is InChI=1S/C18H28N4O/c1-22-11-13(8-20-22)15-9-19-10-16(15)18(23)21-17-7-14(17)12-5-3-2-4-6-12/h8,11-12,14-17,19H,2-7,9-10H2,1H3,(H,21,23)/t14?,15-,16+,17?/m1/s1. The van der Waals surface area contributed by atoms with Gasteiger partial charge >= 0.3 is 0 Å². The van der Waals surface area contributed by atoms with Gasteiger partial charge in [0.2, 0.25) is 5.91 Å². The Morgan fingerprint density at radius 3 is 2.87 bits per heavy atom. The number of rotatable bonds is 4. The molecule has 0 bridgehead atoms. The molecule has 3 aliphatic rings. The van der Waals surface area contributed by atoms with Crippen LogP contribution in [0.5, 0.6) is 0 Å². The predicted octanol–water partition coefficient (Wildman–Crippen LogP) is 1.81. The minimum atomic E-state index is 0.0480. The molecule has 1 saturated heterocycles. The van der Waals surface area contributed by atoms with Gasteiger partial charge in [-0.1, -0.05) is 32.1 Å². The molecule has 2 N–H and O–H groups in total. The highest BCUT2D eigenvalue weighted by Crippen LogP contribution is 2.44. The molecule has 23 heavy (non-hydrogen) atoms. The van der Waals surface area contributed by atoms with E-state index in [-0.39, 0.29) is 17.7 Å². The van der Waals surface area contributed by atoms with Crippen molar-refractivity contribution in [3.63, 3.8) is 0 Å². The Bertz CT molecular complexity index is 563. The largest absolute Gasteiger partial charge is 0.353 e. The van der Waals surface area contributed by atoms with Gasteiger partial charge in [0.1, 0.15) is 0 Å². The Kier molecular flexibility index (Phi) is 4.14. The van der Waals surface area contributed by atoms with Crippen LogP contribution in [0.25, 0.3) is 0 Å². The van der Waals surface area contributed by atoms with E-state index >= 15 is 0 Å². The highest BCUT2D eigenvalue weighted by molar-refractivity contribution is 5.81. The molecular weight excluding hydrogens is 288 g/mol. The summed E-state index contributed by atoms with van der Waals surface area (Å²) in [5.41, 5.74) is 1.18. The molecule has 2 unspecified atom stereocenters. The molecule has 1 aromatic heterocycles. The highest BCUT2D eigenvalue weighted by Gasteiger charge is 2.45. The molecule has 0 aromatic carbocycles. The molecule has 1 aliphatic heterocycles. The molecule has 5 heteroatoms. The van der Waals surface area contributed by atoms with Gasteiger partial charge in [-0.05, 0) is 23.8 Å². The SMILES string of the molecule is Cn1cc([C@H]2CNC[C@@H]2C(=O)NC2CC2C2CCCCC2)cn1. The van der Waals surface area contributed by atoms with Crippen LogP contribution >= 0.6 is 0 Å². The number of hydrogen-bond acceptors (Lipinski definition) is 3. The van der Waals surface area contributed by atoms with Gasteiger partial charge in [-0.2, -0.15) is 5.10 Å². The van der Waals surface area contributed by atoms with Gasteiger partial charge in [0.05, 0.1) is 12.1 Å². The second kappa shape index (κ2) is 6.27. The maximum absolute atomic E-state index is 12.7. The van der Waals surface area contributed by atoms with Crippen molar-refractivity contribution in [1.29, 1.82) is 0 Å². The highest BCUT2D eigenvalue weighted by atomic mass is 16.2. The Morgan fingerprint density at radius 2 is 2.13 bits per heavy atom. The van der Waals surface area contributed by atoms with Gasteiger partial charge in [-0.25, -0.2) is 0 Å². The average molecular weight is 316 g/mol. The number of aromatic nitrogens is 2. The zero-order valence-electron chi connectivity index (χ0n) is 14.0. The minimum Gasteiger partial charge on any atom is -0.353 e. The van der Waals surface area contributed by atoms with E-state index in [4.69, 9.17) is 0 Å². The number of nitrogens with one attached hydrogen (secondary N) is 2. The van der Waals surface area contributed by atoms with Gasteiger partial charge in [0.15, 0.2) is 0 Å². The Labute approximate surface area is 138 Å². The van der Waals surface area contributed by atoms with E-state index in [0.717, 1.165) is 24.9 Å². The molecule has 4 atom stereocenters. The summed E-state index contributed by atoms with van der Waals surface area (Å²) in [5.74, 6) is 2.17. The molecule has 2 aliphatic carbocycles. The molecule has 0 spiro atoms. The van der Waals surface area contributed by atoms with Crippen LogP contribution in [0.2, 0.25) is 0 Å². The third-order valence-corrected chi connectivity index (χ3v) is 6.13. The number of hydrogen-bond donors (Lipinski definition) is 2. The summed E-state index contributed by atoms with van der Waals surface area (Å²) in [5, 5.41) is 11.0. The fourth-order valence-electron chi connectivity index (χ4n) is 4.69. The Hall–Kier alpha value is -1.36. The summed E-state index contributed by atoms with van der Waals surface area (Å²) >= 11 is 0. The average Bonchev–Trinajstić information content (AvgIpc) is 2.97. The third kappa shape index (κ3) is 3.16. The number of carbonyl (C=O) groups excluding carboxylic acids is 1. The topological polar surface area (TPSA) is 59.0 Å². The van der Waals surface area contributed by atoms with E-state index in [0.29, 0.717) is 6.04 Å². The van der Waals surface area contributed by atoms with Crippen LogP contribution in [0, 0.1) is 17.8 Å². The normalized spacial score (nSPS) is 34.5. The van der Waals surface area contributed by atoms with E-state index in [1.165, 1.54) is 44.1 Å². The molecule has 1 amide bonds. The molecule has 4 rings (SSSR count). The van der Waals surface area contributed by atoms with E-state index in [1.807, 2.05) is 24.1 Å². The third-order valence-electron chi connectivity index (χ3n) is 6.13. The molecule has 3 fully saturated rings. The smallest absolute Gasteiger partial charge is 0.225 e. The zero-order chi connectivity index (χ0) is 15.8. The molecule has 126 valence electrons. The Morgan fingerprint density at radius 1 is 1.30 bits per heavy atom. The maximum atomic E-state index is 12.7. The van der Waals surface area contributed by atoms with Crippen molar-refractivity contribution in [3.8, 4) is 0 Å². The fraction of sp³-hybridized carbons (Fsp3) is 0.778. The molecule has 2 heterocycles. The van der Waals surface area contributed by atoms with Crippen LogP contribution in [-0.2, 0) is 11.8 Å². The summed E-state index contributed by atoms with van der Waals surface area (Å²) in [4.78, 5) is 12.7. The van der Waals surface area contributed by atoms with Crippen molar-refractivity contribution in [2.75, 3.05) is 13.1 Å². The molecule has 5 nitrogen and oxygen atoms in total. The summed E-state index contributed by atoms with van der Waals surface area (Å²) in [6.07, 6.45) is 12.1. The lowest BCUT2D eigenvalue weighted by molar-refractivity contribution is -0.125. The lowest BCUT2D eigenvalue weighted by atomic mass is 9.85. The number of nitrogens with zero attached hydrogens (tertiary/aromatic N) is 2. The van der Waals surface area contributed by atoms with Crippen LogP contribution < -0.4 is 10.6 Å². The van der Waals surface area contributed by atoms with E-state index in [9.17, 15) is 4.79 Å². The van der Waals surface area contributed by atoms with Crippen molar-refractivity contribution in [1.82, 2.24) is 20.4 Å². The number of amides is 1. The van der Waals surface area contributed by atoms with Gasteiger partial charge < -0.3 is 10.6 Å². The van der Waals surface area contributed by atoms with E-state index in [2.05, 4.69) is 15.7 Å². The lowest BCUT2D eigenvalue weighted by Gasteiger charge is -2.22. The van der Waals surface area contributed by atoms with Crippen LogP contribution in [0.1, 0.15) is 50.0 Å². The van der Waals surface area contributed by atoms with Gasteiger partial charge in [0, 0.05) is 38.3 Å². The van der Waals surface area contributed by atoms with Crippen LogP contribution in [0.3, 0.4) is 0 Å². The van der Waals surface area contributed by atoms with Crippen molar-refractivity contribution < 1.29 is 4.79 Å². The van der Waals surface area contributed by atoms with Crippen molar-refractivity contribution in [2.45, 2.75) is 50.5 Å². The van der Waals surface area contributed by atoms with Crippen molar-refractivity contribution in [2.24, 2.45) is 24.8 Å². The minimum absolute atomic E-state index is 0.0480. The van der Waals surface area contributed by atoms with E-state index < -0.39 is 0 Å². The number of carbonyl (C=O) groups is 1. The summed E-state index contributed by atoms with van der Waals surface area (Å²) in [7, 11) is 1.93. The van der Waals surface area contributed by atoms with E-state index in [1.54, 1.807) is 0 Å². The lowest BCUT2D eigenvalue weighted by Crippen LogP contribution is -2.37. The fourth-order valence-corrected chi connectivity index (χ4v) is 4.69. The Balaban J connectivity index is 1.34. The first-order chi connectivity index (χ1) is 11.2. The summed E-state index contributed by atoms with van der Waals surface area (Å²) in [6.45, 7) is 1.66. The van der Waals surface area contributed by atoms with Gasteiger partial charge in [-0.3, -0.25) is 9.48 Å². The van der Waals surface area contributed by atoms with Crippen molar-refractivity contribution >= 4 is 5.91 Å². The van der Waals surface area contributed by atoms with Crippen LogP contribution in [-0.4, -0.2) is 34.8 Å². The quantitative estimate of drug-likeness (QED) is 0.890. The predicted molar refractivity (Wildman–Crippen MR) is 88.9 cm³/mol. The molecule has 0 radical (unpaired) electrons. The second-order valence-electron chi connectivity index (χ2n) is 7.73. The molecule has 1 aromatic rings. The number of aryl methyl sites for hydroxylation is 1. The summed E-state index contributed by atoms with van der Waals surface area (Å²) in [6, 6.07) is 0.445. The van der Waals surface area contributed by atoms with Crippen LogP contribution in [0.4, 0.5) is 0 Å². The molecule has 2 saturated carbocycles. The first-order valence-electron chi connectivity index (χ1n) is 9.22. The maximum Gasteiger partial charge on any atom is 0.225 e.